The van der Waals surface area contributed by atoms with E-state index in [1.807, 2.05) is 0 Å². The van der Waals surface area contributed by atoms with Crippen LogP contribution in [0.1, 0.15) is 30.1 Å². The number of ether oxygens (including phenoxy) is 1. The number of ketones is 2. The van der Waals surface area contributed by atoms with Gasteiger partial charge in [0, 0.05) is 12.0 Å². The van der Waals surface area contributed by atoms with E-state index in [1.165, 1.54) is 13.0 Å². The van der Waals surface area contributed by atoms with Crippen LogP contribution in [0.4, 0.5) is 0 Å². The summed E-state index contributed by atoms with van der Waals surface area (Å²) in [6, 6.07) is 6.97. The Bertz CT molecular complexity index is 404. The summed E-state index contributed by atoms with van der Waals surface area (Å²) in [5.41, 5.74) is 0.666. The van der Waals surface area contributed by atoms with E-state index < -0.39 is 0 Å². The molecule has 1 aromatic rings. The number of benzene rings is 1. The van der Waals surface area contributed by atoms with Crippen LogP contribution in [-0.4, -0.2) is 18.2 Å². The van der Waals surface area contributed by atoms with Gasteiger partial charge in [-0.1, -0.05) is 6.58 Å². The van der Waals surface area contributed by atoms with E-state index in [-0.39, 0.29) is 11.6 Å². The lowest BCUT2D eigenvalue weighted by Crippen LogP contribution is -2.01. The fraction of sp³-hybridized carbons (Fsp3) is 0.286. The lowest BCUT2D eigenvalue weighted by Gasteiger charge is -2.05. The molecular weight excluding hydrogens is 216 g/mol. The highest BCUT2D eigenvalue weighted by molar-refractivity contribution is 5.94. The second-order valence-corrected chi connectivity index (χ2v) is 3.70. The van der Waals surface area contributed by atoms with Gasteiger partial charge in [-0.15, -0.1) is 0 Å². The Morgan fingerprint density at radius 1 is 1.29 bits per heavy atom. The van der Waals surface area contributed by atoms with Gasteiger partial charge in [0.1, 0.15) is 5.75 Å². The van der Waals surface area contributed by atoms with Crippen LogP contribution in [0, 0.1) is 0 Å². The van der Waals surface area contributed by atoms with E-state index in [0.717, 1.165) is 0 Å². The Hall–Kier alpha value is -1.90. The first kappa shape index (κ1) is 13.2. The second kappa shape index (κ2) is 6.63. The number of Topliss-reactive ketones (excluding diaryl/α,β-unsaturated/α-hetero) is 1. The molecule has 0 radical (unpaired) electrons. The van der Waals surface area contributed by atoms with Gasteiger partial charge in [0.25, 0.3) is 0 Å². The average molecular weight is 232 g/mol. The molecule has 0 aromatic heterocycles. The van der Waals surface area contributed by atoms with E-state index in [4.69, 9.17) is 4.74 Å². The van der Waals surface area contributed by atoms with Gasteiger partial charge < -0.3 is 4.74 Å². The van der Waals surface area contributed by atoms with E-state index >= 15 is 0 Å². The SMILES string of the molecule is C=CC(=O)CCCOc1ccc(C(C)=O)cc1. The largest absolute Gasteiger partial charge is 0.494 e. The average Bonchev–Trinajstić information content (AvgIpc) is 2.34. The minimum atomic E-state index is 0.0283. The standard InChI is InChI=1S/C14H16O3/c1-3-13(16)5-4-10-17-14-8-6-12(7-9-14)11(2)15/h3,6-9H,1,4-5,10H2,2H3. The second-order valence-electron chi connectivity index (χ2n) is 3.70. The highest BCUT2D eigenvalue weighted by Gasteiger charge is 2.00. The molecule has 0 amide bonds. The molecule has 0 atom stereocenters. The Balaban J connectivity index is 2.35. The van der Waals surface area contributed by atoms with Gasteiger partial charge in [-0.2, -0.15) is 0 Å². The van der Waals surface area contributed by atoms with Crippen molar-refractivity contribution in [1.29, 1.82) is 0 Å². The van der Waals surface area contributed by atoms with Crippen LogP contribution in [0.2, 0.25) is 0 Å². The normalized spacial score (nSPS) is 9.71. The van der Waals surface area contributed by atoms with Crippen LogP contribution >= 0.6 is 0 Å². The van der Waals surface area contributed by atoms with Crippen molar-refractivity contribution < 1.29 is 14.3 Å². The summed E-state index contributed by atoms with van der Waals surface area (Å²) < 4.78 is 5.44. The van der Waals surface area contributed by atoms with Gasteiger partial charge >= 0.3 is 0 Å². The zero-order chi connectivity index (χ0) is 12.7. The smallest absolute Gasteiger partial charge is 0.159 e. The fourth-order valence-electron chi connectivity index (χ4n) is 1.32. The molecule has 0 bridgehead atoms. The molecule has 0 saturated carbocycles. The molecule has 1 aromatic carbocycles. The van der Waals surface area contributed by atoms with Gasteiger partial charge in [-0.05, 0) is 43.7 Å². The summed E-state index contributed by atoms with van der Waals surface area (Å²) in [5.74, 6) is 0.773. The zero-order valence-corrected chi connectivity index (χ0v) is 9.94. The number of hydrogen-bond acceptors (Lipinski definition) is 3. The highest BCUT2D eigenvalue weighted by atomic mass is 16.5. The third kappa shape index (κ3) is 4.64. The molecule has 0 aliphatic heterocycles. The fourth-order valence-corrected chi connectivity index (χ4v) is 1.32. The molecule has 0 aliphatic carbocycles. The lowest BCUT2D eigenvalue weighted by atomic mass is 10.1. The number of rotatable bonds is 7. The monoisotopic (exact) mass is 232 g/mol. The van der Waals surface area contributed by atoms with Crippen molar-refractivity contribution in [3.05, 3.63) is 42.5 Å². The molecule has 3 heteroatoms. The highest BCUT2D eigenvalue weighted by Crippen LogP contribution is 2.13. The van der Waals surface area contributed by atoms with Crippen molar-refractivity contribution in [2.45, 2.75) is 19.8 Å². The maximum Gasteiger partial charge on any atom is 0.159 e. The zero-order valence-electron chi connectivity index (χ0n) is 9.94. The number of hydrogen-bond donors (Lipinski definition) is 0. The third-order valence-corrected chi connectivity index (χ3v) is 2.32. The summed E-state index contributed by atoms with van der Waals surface area (Å²) in [6.45, 7) is 5.41. The van der Waals surface area contributed by atoms with Crippen LogP contribution in [0.5, 0.6) is 5.75 Å². The van der Waals surface area contributed by atoms with Gasteiger partial charge in [0.2, 0.25) is 0 Å². The molecule has 0 aliphatic rings. The van der Waals surface area contributed by atoms with Gasteiger partial charge in [-0.25, -0.2) is 0 Å². The molecule has 0 spiro atoms. The van der Waals surface area contributed by atoms with E-state index in [0.29, 0.717) is 30.8 Å². The first-order chi connectivity index (χ1) is 8.13. The number of allylic oxidation sites excluding steroid dienone is 1. The first-order valence-electron chi connectivity index (χ1n) is 5.52. The van der Waals surface area contributed by atoms with Gasteiger partial charge in [-0.3, -0.25) is 9.59 Å². The van der Waals surface area contributed by atoms with Gasteiger partial charge in [0.05, 0.1) is 6.61 Å². The minimum absolute atomic E-state index is 0.0283. The Labute approximate surface area is 101 Å². The van der Waals surface area contributed by atoms with Crippen molar-refractivity contribution in [2.75, 3.05) is 6.61 Å². The van der Waals surface area contributed by atoms with Crippen molar-refractivity contribution in [3.8, 4) is 5.75 Å². The maximum absolute atomic E-state index is 11.0. The first-order valence-corrected chi connectivity index (χ1v) is 5.52. The summed E-state index contributed by atoms with van der Waals surface area (Å²) in [6.07, 6.45) is 2.44. The summed E-state index contributed by atoms with van der Waals surface area (Å²) in [5, 5.41) is 0. The Kier molecular flexibility index (Phi) is 5.14. The minimum Gasteiger partial charge on any atom is -0.494 e. The Morgan fingerprint density at radius 2 is 1.94 bits per heavy atom. The summed E-state index contributed by atoms with van der Waals surface area (Å²) >= 11 is 0. The topological polar surface area (TPSA) is 43.4 Å². The van der Waals surface area contributed by atoms with Crippen molar-refractivity contribution >= 4 is 11.6 Å². The van der Waals surface area contributed by atoms with Gasteiger partial charge in [0.15, 0.2) is 11.6 Å². The molecule has 0 fully saturated rings. The molecule has 0 heterocycles. The number of carbonyl (C=O) groups excluding carboxylic acids is 2. The summed E-state index contributed by atoms with van der Waals surface area (Å²) in [7, 11) is 0. The lowest BCUT2D eigenvalue weighted by molar-refractivity contribution is -0.114. The molecule has 3 nitrogen and oxygen atoms in total. The molecule has 1 rings (SSSR count). The van der Waals surface area contributed by atoms with E-state index in [1.54, 1.807) is 24.3 Å². The van der Waals surface area contributed by atoms with E-state index in [9.17, 15) is 9.59 Å². The molecule has 0 saturated heterocycles. The van der Waals surface area contributed by atoms with E-state index in [2.05, 4.69) is 6.58 Å². The van der Waals surface area contributed by atoms with Crippen molar-refractivity contribution in [1.82, 2.24) is 0 Å². The molecule has 0 N–H and O–H groups in total. The quantitative estimate of drug-likeness (QED) is 0.412. The van der Waals surface area contributed by atoms with Crippen LogP contribution in [0.25, 0.3) is 0 Å². The molecular formula is C14H16O3. The maximum atomic E-state index is 11.0. The third-order valence-electron chi connectivity index (χ3n) is 2.32. The number of carbonyl (C=O) groups is 2. The van der Waals surface area contributed by atoms with Crippen LogP contribution in [-0.2, 0) is 4.79 Å². The van der Waals surface area contributed by atoms with Crippen molar-refractivity contribution in [2.24, 2.45) is 0 Å². The van der Waals surface area contributed by atoms with Crippen molar-refractivity contribution in [3.63, 3.8) is 0 Å². The molecule has 17 heavy (non-hydrogen) atoms. The molecule has 0 unspecified atom stereocenters. The molecule has 90 valence electrons. The van der Waals surface area contributed by atoms with Crippen LogP contribution < -0.4 is 4.74 Å². The summed E-state index contributed by atoms with van der Waals surface area (Å²) in [4.78, 5) is 22.0. The predicted octanol–water partition coefficient (Wildman–Crippen LogP) is 2.80. The predicted molar refractivity (Wildman–Crippen MR) is 66.4 cm³/mol. The van der Waals surface area contributed by atoms with Crippen LogP contribution in [0.3, 0.4) is 0 Å². The van der Waals surface area contributed by atoms with Crippen LogP contribution in [0.15, 0.2) is 36.9 Å². The Morgan fingerprint density at radius 3 is 2.47 bits per heavy atom.